The molecule has 0 radical (unpaired) electrons. The van der Waals surface area contributed by atoms with Crippen molar-refractivity contribution in [1.29, 1.82) is 0 Å². The van der Waals surface area contributed by atoms with Gasteiger partial charge in [-0.25, -0.2) is 0 Å². The fourth-order valence-corrected chi connectivity index (χ4v) is 1.85. The van der Waals surface area contributed by atoms with Crippen LogP contribution in [-0.2, 0) is 4.79 Å². The fourth-order valence-electron chi connectivity index (χ4n) is 1.85. The van der Waals surface area contributed by atoms with Crippen molar-refractivity contribution in [1.82, 2.24) is 5.32 Å². The topological polar surface area (TPSA) is 84.9 Å². The quantitative estimate of drug-likeness (QED) is 0.649. The molecule has 0 aromatic heterocycles. The second-order valence-electron chi connectivity index (χ2n) is 4.82. The summed E-state index contributed by atoms with van der Waals surface area (Å²) in [5.41, 5.74) is 0.451. The number of methoxy groups -OCH3 is 1. The summed E-state index contributed by atoms with van der Waals surface area (Å²) < 4.78 is 10.7. The second-order valence-corrected chi connectivity index (χ2v) is 4.82. The highest BCUT2D eigenvalue weighted by Gasteiger charge is 2.13. The Hall–Kier alpha value is -2.24. The van der Waals surface area contributed by atoms with Gasteiger partial charge >= 0.3 is 5.97 Å². The molecule has 122 valence electrons. The molecule has 0 fully saturated rings. The number of carbonyl (C=O) groups is 2. The average molecular weight is 309 g/mol. The van der Waals surface area contributed by atoms with Crippen molar-refractivity contribution in [3.05, 3.63) is 23.8 Å². The van der Waals surface area contributed by atoms with E-state index in [1.165, 1.54) is 0 Å². The van der Waals surface area contributed by atoms with Crippen molar-refractivity contribution >= 4 is 11.9 Å². The lowest BCUT2D eigenvalue weighted by Gasteiger charge is -2.12. The number of unbranched alkanes of at least 4 members (excludes halogenated alkanes) is 1. The molecule has 0 aliphatic rings. The molecule has 22 heavy (non-hydrogen) atoms. The first kappa shape index (κ1) is 17.8. The summed E-state index contributed by atoms with van der Waals surface area (Å²) in [4.78, 5) is 22.6. The number of carbonyl (C=O) groups excluding carboxylic acids is 1. The molecule has 0 saturated carbocycles. The Balaban J connectivity index is 2.60. The standard InChI is InChI=1S/C16H23NO5/c1-3-10-22-14-11-12(21-2)7-8-13(14)16(20)17-9-5-4-6-15(18)19/h7-8,11H,3-6,9-10H2,1-2H3,(H,17,20)(H,18,19). The number of aliphatic carboxylic acids is 1. The summed E-state index contributed by atoms with van der Waals surface area (Å²) in [7, 11) is 1.56. The maximum Gasteiger partial charge on any atom is 0.303 e. The van der Waals surface area contributed by atoms with E-state index < -0.39 is 5.97 Å². The smallest absolute Gasteiger partial charge is 0.303 e. The minimum Gasteiger partial charge on any atom is -0.497 e. The molecule has 2 N–H and O–H groups in total. The third kappa shape index (κ3) is 6.03. The van der Waals surface area contributed by atoms with Crippen LogP contribution in [0.1, 0.15) is 43.0 Å². The summed E-state index contributed by atoms with van der Waals surface area (Å²) in [5.74, 6) is 0.0640. The molecule has 1 aromatic carbocycles. The van der Waals surface area contributed by atoms with E-state index in [0.717, 1.165) is 6.42 Å². The lowest BCUT2D eigenvalue weighted by Crippen LogP contribution is -2.25. The molecule has 1 rings (SSSR count). The fraction of sp³-hybridized carbons (Fsp3) is 0.500. The zero-order valence-electron chi connectivity index (χ0n) is 13.1. The number of nitrogens with one attached hydrogen (secondary N) is 1. The highest BCUT2D eigenvalue weighted by molar-refractivity contribution is 5.97. The number of amides is 1. The van der Waals surface area contributed by atoms with Gasteiger partial charge in [0.2, 0.25) is 0 Å². The number of benzene rings is 1. The van der Waals surface area contributed by atoms with Gasteiger partial charge in [0.1, 0.15) is 11.5 Å². The predicted octanol–water partition coefficient (Wildman–Crippen LogP) is 2.47. The van der Waals surface area contributed by atoms with Crippen LogP contribution in [0.2, 0.25) is 0 Å². The van der Waals surface area contributed by atoms with E-state index in [9.17, 15) is 9.59 Å². The Morgan fingerprint density at radius 1 is 1.27 bits per heavy atom. The van der Waals surface area contributed by atoms with Gasteiger partial charge in [0, 0.05) is 19.0 Å². The van der Waals surface area contributed by atoms with E-state index in [4.69, 9.17) is 14.6 Å². The third-order valence-electron chi connectivity index (χ3n) is 3.00. The van der Waals surface area contributed by atoms with Gasteiger partial charge in [-0.1, -0.05) is 6.92 Å². The van der Waals surface area contributed by atoms with Crippen molar-refractivity contribution in [2.75, 3.05) is 20.3 Å². The van der Waals surface area contributed by atoms with Gasteiger partial charge in [-0.2, -0.15) is 0 Å². The number of carboxylic acids is 1. The molecular weight excluding hydrogens is 286 g/mol. The molecule has 0 spiro atoms. The van der Waals surface area contributed by atoms with Crippen LogP contribution in [-0.4, -0.2) is 37.2 Å². The second kappa shape index (κ2) is 9.65. The van der Waals surface area contributed by atoms with Crippen molar-refractivity contribution in [3.63, 3.8) is 0 Å². The van der Waals surface area contributed by atoms with Crippen molar-refractivity contribution in [3.8, 4) is 11.5 Å². The monoisotopic (exact) mass is 309 g/mol. The molecule has 0 unspecified atom stereocenters. The Bertz CT molecular complexity index is 501. The summed E-state index contributed by atoms with van der Waals surface area (Å²) >= 11 is 0. The van der Waals surface area contributed by atoms with Gasteiger partial charge in [-0.05, 0) is 31.4 Å². The van der Waals surface area contributed by atoms with Crippen LogP contribution < -0.4 is 14.8 Å². The summed E-state index contributed by atoms with van der Waals surface area (Å²) in [6.45, 7) is 2.94. The minimum absolute atomic E-state index is 0.114. The molecule has 0 saturated heterocycles. The number of carboxylic acid groups (broad SMARTS) is 1. The Morgan fingerprint density at radius 3 is 2.68 bits per heavy atom. The normalized spacial score (nSPS) is 10.1. The first-order valence-corrected chi connectivity index (χ1v) is 7.39. The van der Waals surface area contributed by atoms with E-state index in [1.807, 2.05) is 6.92 Å². The molecule has 6 heteroatoms. The summed E-state index contributed by atoms with van der Waals surface area (Å²) in [5, 5.41) is 11.3. The van der Waals surface area contributed by atoms with Crippen molar-refractivity contribution < 1.29 is 24.2 Å². The van der Waals surface area contributed by atoms with Gasteiger partial charge in [-0.3, -0.25) is 9.59 Å². The third-order valence-corrected chi connectivity index (χ3v) is 3.00. The molecule has 0 aliphatic carbocycles. The predicted molar refractivity (Wildman–Crippen MR) is 82.6 cm³/mol. The molecule has 0 heterocycles. The number of hydrogen-bond donors (Lipinski definition) is 2. The molecule has 0 aliphatic heterocycles. The van der Waals surface area contributed by atoms with Crippen LogP contribution in [0.25, 0.3) is 0 Å². The molecular formula is C16H23NO5. The Labute approximate surface area is 130 Å². The lowest BCUT2D eigenvalue weighted by atomic mass is 10.1. The van der Waals surface area contributed by atoms with Crippen molar-refractivity contribution in [2.45, 2.75) is 32.6 Å². The Kier molecular flexibility index (Phi) is 7.81. The SMILES string of the molecule is CCCOc1cc(OC)ccc1C(=O)NCCCCC(=O)O. The van der Waals surface area contributed by atoms with E-state index >= 15 is 0 Å². The molecule has 6 nitrogen and oxygen atoms in total. The van der Waals surface area contributed by atoms with Crippen LogP contribution in [0.15, 0.2) is 18.2 Å². The van der Waals surface area contributed by atoms with Gasteiger partial charge in [0.15, 0.2) is 0 Å². The first-order valence-electron chi connectivity index (χ1n) is 7.39. The molecule has 0 atom stereocenters. The van der Waals surface area contributed by atoms with Gasteiger partial charge in [0.25, 0.3) is 5.91 Å². The largest absolute Gasteiger partial charge is 0.497 e. The van der Waals surface area contributed by atoms with Gasteiger partial charge in [-0.15, -0.1) is 0 Å². The highest BCUT2D eigenvalue weighted by atomic mass is 16.5. The van der Waals surface area contributed by atoms with Crippen LogP contribution in [0.5, 0.6) is 11.5 Å². The maximum absolute atomic E-state index is 12.2. The van der Waals surface area contributed by atoms with Crippen LogP contribution in [0.4, 0.5) is 0 Å². The zero-order chi connectivity index (χ0) is 16.4. The number of rotatable bonds is 10. The van der Waals surface area contributed by atoms with Crippen LogP contribution in [0, 0.1) is 0 Å². The maximum atomic E-state index is 12.2. The summed E-state index contributed by atoms with van der Waals surface area (Å²) in [6.07, 6.45) is 2.12. The van der Waals surface area contributed by atoms with Gasteiger partial charge < -0.3 is 19.9 Å². The van der Waals surface area contributed by atoms with Gasteiger partial charge in [0.05, 0.1) is 19.3 Å². The lowest BCUT2D eigenvalue weighted by molar-refractivity contribution is -0.137. The average Bonchev–Trinajstić information content (AvgIpc) is 2.51. The molecule has 1 aromatic rings. The number of ether oxygens (including phenoxy) is 2. The zero-order valence-corrected chi connectivity index (χ0v) is 13.1. The highest BCUT2D eigenvalue weighted by Crippen LogP contribution is 2.25. The van der Waals surface area contributed by atoms with E-state index in [2.05, 4.69) is 5.32 Å². The molecule has 0 bridgehead atoms. The van der Waals surface area contributed by atoms with Crippen LogP contribution >= 0.6 is 0 Å². The van der Waals surface area contributed by atoms with E-state index in [1.54, 1.807) is 25.3 Å². The first-order chi connectivity index (χ1) is 10.6. The Morgan fingerprint density at radius 2 is 2.05 bits per heavy atom. The van der Waals surface area contributed by atoms with Crippen LogP contribution in [0.3, 0.4) is 0 Å². The minimum atomic E-state index is -0.822. The van der Waals surface area contributed by atoms with E-state index in [0.29, 0.717) is 43.1 Å². The molecule has 1 amide bonds. The summed E-state index contributed by atoms with van der Waals surface area (Å²) in [6, 6.07) is 5.06. The van der Waals surface area contributed by atoms with Crippen molar-refractivity contribution in [2.24, 2.45) is 0 Å². The van der Waals surface area contributed by atoms with E-state index in [-0.39, 0.29) is 12.3 Å². The number of hydrogen-bond acceptors (Lipinski definition) is 4.